The minimum absolute atomic E-state index is 0.305. The summed E-state index contributed by atoms with van der Waals surface area (Å²) in [5, 5.41) is 15.8. The van der Waals surface area contributed by atoms with Crippen LogP contribution in [0.3, 0.4) is 0 Å². The molecule has 0 bridgehead atoms. The molecule has 1 heterocycles. The fraction of sp³-hybridized carbons (Fsp3) is 0.188. The van der Waals surface area contributed by atoms with Crippen molar-refractivity contribution in [3.8, 4) is 0 Å². The molecule has 0 fully saturated rings. The topological polar surface area (TPSA) is 38.0 Å². The van der Waals surface area contributed by atoms with Crippen molar-refractivity contribution in [2.24, 2.45) is 7.05 Å². The van der Waals surface area contributed by atoms with Crippen molar-refractivity contribution in [3.63, 3.8) is 0 Å². The van der Waals surface area contributed by atoms with Gasteiger partial charge >= 0.3 is 0 Å². The van der Waals surface area contributed by atoms with Crippen molar-refractivity contribution in [1.29, 1.82) is 0 Å². The van der Waals surface area contributed by atoms with Crippen molar-refractivity contribution < 1.29 is 9.50 Å². The maximum atomic E-state index is 13.5. The van der Waals surface area contributed by atoms with Crippen molar-refractivity contribution in [3.05, 3.63) is 64.0 Å². The molecule has 1 N–H and O–H groups in total. The summed E-state index contributed by atoms with van der Waals surface area (Å²) in [5.41, 5.74) is 2.30. The Labute approximate surface area is 130 Å². The van der Waals surface area contributed by atoms with Crippen molar-refractivity contribution in [2.75, 3.05) is 0 Å². The molecule has 1 unspecified atom stereocenters. The Morgan fingerprint density at radius 3 is 2.81 bits per heavy atom. The van der Waals surface area contributed by atoms with Crippen LogP contribution in [0.2, 0.25) is 0 Å². The van der Waals surface area contributed by atoms with E-state index in [0.717, 1.165) is 16.5 Å². The number of aliphatic hydroxyl groups is 1. The average Bonchev–Trinajstić information content (AvgIpc) is 2.82. The lowest BCUT2D eigenvalue weighted by atomic mass is 10.0. The Bertz CT molecular complexity index is 800. The first-order chi connectivity index (χ1) is 10.1. The number of benzene rings is 2. The van der Waals surface area contributed by atoms with Gasteiger partial charge in [0.25, 0.3) is 0 Å². The molecule has 3 rings (SSSR count). The summed E-state index contributed by atoms with van der Waals surface area (Å²) < 4.78 is 15.7. The standard InChI is InChI=1S/C16H14BrFN2O/c1-20-13-8-3-2-6-11(13)16(19-20)14(21)9-10-5-4-7-12(18)15(10)17/h2-8,14,21H,9H2,1H3. The third-order valence-electron chi connectivity index (χ3n) is 3.55. The molecule has 5 heteroatoms. The number of aryl methyl sites for hydroxylation is 1. The molecule has 0 aliphatic heterocycles. The largest absolute Gasteiger partial charge is 0.386 e. The van der Waals surface area contributed by atoms with Gasteiger partial charge in [0.05, 0.1) is 15.7 Å². The minimum atomic E-state index is -0.783. The smallest absolute Gasteiger partial charge is 0.137 e. The predicted molar refractivity (Wildman–Crippen MR) is 83.5 cm³/mol. The van der Waals surface area contributed by atoms with E-state index in [9.17, 15) is 9.50 Å². The molecule has 1 aromatic heterocycles. The molecule has 0 spiro atoms. The highest BCUT2D eigenvalue weighted by Gasteiger charge is 2.18. The van der Waals surface area contributed by atoms with Gasteiger partial charge in [0.15, 0.2) is 0 Å². The lowest BCUT2D eigenvalue weighted by molar-refractivity contribution is 0.174. The van der Waals surface area contributed by atoms with Crippen LogP contribution < -0.4 is 0 Å². The molecule has 3 aromatic rings. The first-order valence-electron chi connectivity index (χ1n) is 6.60. The van der Waals surface area contributed by atoms with Gasteiger partial charge in [-0.05, 0) is 33.6 Å². The van der Waals surface area contributed by atoms with Gasteiger partial charge in [-0.2, -0.15) is 5.10 Å². The number of rotatable bonds is 3. The summed E-state index contributed by atoms with van der Waals surface area (Å²) in [6.07, 6.45) is -0.478. The third-order valence-corrected chi connectivity index (χ3v) is 4.43. The lowest BCUT2D eigenvalue weighted by Gasteiger charge is -2.10. The van der Waals surface area contributed by atoms with Gasteiger partial charge in [-0.1, -0.05) is 30.3 Å². The van der Waals surface area contributed by atoms with Crippen LogP contribution in [0, 0.1) is 5.82 Å². The number of hydrogen-bond donors (Lipinski definition) is 1. The van der Waals surface area contributed by atoms with Crippen molar-refractivity contribution >= 4 is 26.8 Å². The van der Waals surface area contributed by atoms with Crippen LogP contribution in [0.4, 0.5) is 4.39 Å². The number of halogens is 2. The molecule has 0 aliphatic carbocycles. The van der Waals surface area contributed by atoms with Crippen LogP contribution in [0.25, 0.3) is 10.9 Å². The van der Waals surface area contributed by atoms with Crippen LogP contribution in [0.5, 0.6) is 0 Å². The molecule has 1 atom stereocenters. The van der Waals surface area contributed by atoms with Crippen LogP contribution in [0.15, 0.2) is 46.9 Å². The Kier molecular flexibility index (Phi) is 3.78. The Morgan fingerprint density at radius 2 is 2.00 bits per heavy atom. The molecule has 0 saturated carbocycles. The fourth-order valence-corrected chi connectivity index (χ4v) is 2.93. The maximum absolute atomic E-state index is 13.5. The molecule has 2 aromatic carbocycles. The van der Waals surface area contributed by atoms with Gasteiger partial charge in [-0.25, -0.2) is 4.39 Å². The van der Waals surface area contributed by atoms with Crippen LogP contribution in [0.1, 0.15) is 17.4 Å². The number of aliphatic hydroxyl groups excluding tert-OH is 1. The van der Waals surface area contributed by atoms with Gasteiger partial charge < -0.3 is 5.11 Å². The monoisotopic (exact) mass is 348 g/mol. The zero-order valence-electron chi connectivity index (χ0n) is 11.4. The average molecular weight is 349 g/mol. The molecule has 0 saturated heterocycles. The number of nitrogens with zero attached hydrogens (tertiary/aromatic N) is 2. The van der Waals surface area contributed by atoms with Crippen LogP contribution in [-0.2, 0) is 13.5 Å². The molecule has 21 heavy (non-hydrogen) atoms. The van der Waals surface area contributed by atoms with E-state index >= 15 is 0 Å². The lowest BCUT2D eigenvalue weighted by Crippen LogP contribution is -2.05. The van der Waals surface area contributed by atoms with E-state index in [-0.39, 0.29) is 5.82 Å². The van der Waals surface area contributed by atoms with E-state index in [1.807, 2.05) is 31.3 Å². The molecular weight excluding hydrogens is 335 g/mol. The van der Waals surface area contributed by atoms with E-state index in [1.54, 1.807) is 16.8 Å². The summed E-state index contributed by atoms with van der Waals surface area (Å²) in [6, 6.07) is 12.6. The third kappa shape index (κ3) is 2.59. The first-order valence-corrected chi connectivity index (χ1v) is 7.40. The van der Waals surface area contributed by atoms with Crippen molar-refractivity contribution in [1.82, 2.24) is 9.78 Å². The SMILES string of the molecule is Cn1nc(C(O)Cc2cccc(F)c2Br)c2ccccc21. The first kappa shape index (κ1) is 14.2. The van der Waals surface area contributed by atoms with Crippen LogP contribution >= 0.6 is 15.9 Å². The second-order valence-electron chi connectivity index (χ2n) is 4.96. The van der Waals surface area contributed by atoms with Crippen molar-refractivity contribution in [2.45, 2.75) is 12.5 Å². The second-order valence-corrected chi connectivity index (χ2v) is 5.75. The van der Waals surface area contributed by atoms with E-state index < -0.39 is 6.10 Å². The van der Waals surface area contributed by atoms with Crippen LogP contribution in [-0.4, -0.2) is 14.9 Å². The van der Waals surface area contributed by atoms with Gasteiger partial charge in [0.1, 0.15) is 11.9 Å². The van der Waals surface area contributed by atoms with E-state index in [2.05, 4.69) is 21.0 Å². The highest BCUT2D eigenvalue weighted by atomic mass is 79.9. The Hall–Kier alpha value is -1.72. The van der Waals surface area contributed by atoms with Gasteiger partial charge in [0, 0.05) is 18.9 Å². The summed E-state index contributed by atoms with van der Waals surface area (Å²) in [7, 11) is 1.84. The number of aromatic nitrogens is 2. The Morgan fingerprint density at radius 1 is 1.24 bits per heavy atom. The Balaban J connectivity index is 1.98. The summed E-state index contributed by atoms with van der Waals surface area (Å²) in [6.45, 7) is 0. The molecule has 0 aliphatic rings. The highest BCUT2D eigenvalue weighted by Crippen LogP contribution is 2.29. The van der Waals surface area contributed by atoms with Gasteiger partial charge in [0.2, 0.25) is 0 Å². The predicted octanol–water partition coefficient (Wildman–Crippen LogP) is 3.75. The molecular formula is C16H14BrFN2O. The van der Waals surface area contributed by atoms with E-state index in [1.165, 1.54) is 6.07 Å². The fourth-order valence-electron chi connectivity index (χ4n) is 2.50. The van der Waals surface area contributed by atoms with E-state index in [4.69, 9.17) is 0 Å². The summed E-state index contributed by atoms with van der Waals surface area (Å²) in [4.78, 5) is 0. The number of hydrogen-bond acceptors (Lipinski definition) is 2. The highest BCUT2D eigenvalue weighted by molar-refractivity contribution is 9.10. The van der Waals surface area contributed by atoms with Gasteiger partial charge in [-0.15, -0.1) is 0 Å². The molecule has 108 valence electrons. The molecule has 0 radical (unpaired) electrons. The van der Waals surface area contributed by atoms with E-state index in [0.29, 0.717) is 16.6 Å². The second kappa shape index (κ2) is 5.58. The normalized spacial score (nSPS) is 12.8. The molecule has 0 amide bonds. The zero-order chi connectivity index (χ0) is 15.0. The number of para-hydroxylation sites is 1. The quantitative estimate of drug-likeness (QED) is 0.782. The molecule has 3 nitrogen and oxygen atoms in total. The summed E-state index contributed by atoms with van der Waals surface area (Å²) in [5.74, 6) is -0.328. The minimum Gasteiger partial charge on any atom is -0.386 e. The zero-order valence-corrected chi connectivity index (χ0v) is 13.0. The summed E-state index contributed by atoms with van der Waals surface area (Å²) >= 11 is 3.22. The maximum Gasteiger partial charge on any atom is 0.137 e. The number of fused-ring (bicyclic) bond motifs is 1. The van der Waals surface area contributed by atoms with Gasteiger partial charge in [-0.3, -0.25) is 4.68 Å².